The Bertz CT molecular complexity index is 320. The molecule has 0 saturated carbocycles. The fraction of sp³-hybridized carbons (Fsp3) is 0.417. The number of rotatable bonds is 6. The van der Waals surface area contributed by atoms with Gasteiger partial charge in [0.25, 0.3) is 0 Å². The van der Waals surface area contributed by atoms with E-state index < -0.39 is 6.36 Å². The molecule has 1 radical (unpaired) electrons. The highest BCUT2D eigenvalue weighted by molar-refractivity contribution is 5.27. The van der Waals surface area contributed by atoms with Crippen LogP contribution in [0.15, 0.2) is 24.3 Å². The molecule has 2 nitrogen and oxygen atoms in total. The van der Waals surface area contributed by atoms with Crippen molar-refractivity contribution in [2.75, 3.05) is 13.2 Å². The van der Waals surface area contributed by atoms with Crippen LogP contribution < -0.4 is 4.74 Å². The third kappa shape index (κ3) is 6.16. The Labute approximate surface area is 98.3 Å². The Balaban J connectivity index is 2.39. The zero-order chi connectivity index (χ0) is 12.7. The van der Waals surface area contributed by atoms with Crippen molar-refractivity contribution in [3.63, 3.8) is 0 Å². The molecule has 0 aliphatic rings. The van der Waals surface area contributed by atoms with Gasteiger partial charge in [0.05, 0.1) is 0 Å². The van der Waals surface area contributed by atoms with Crippen LogP contribution >= 0.6 is 0 Å². The number of ether oxygens (including phenoxy) is 2. The molecule has 0 aromatic heterocycles. The zero-order valence-electron chi connectivity index (χ0n) is 9.30. The molecule has 0 amide bonds. The van der Waals surface area contributed by atoms with E-state index in [0.717, 1.165) is 18.4 Å². The van der Waals surface area contributed by atoms with E-state index in [4.69, 9.17) is 4.74 Å². The van der Waals surface area contributed by atoms with Crippen LogP contribution in [0.25, 0.3) is 0 Å². The number of aryl methyl sites for hydroxylation is 1. The van der Waals surface area contributed by atoms with Crippen LogP contribution in [-0.2, 0) is 11.2 Å². The van der Waals surface area contributed by atoms with Crippen molar-refractivity contribution >= 4 is 0 Å². The van der Waals surface area contributed by atoms with Crippen LogP contribution in [0.5, 0.6) is 5.75 Å². The lowest BCUT2D eigenvalue weighted by atomic mass is 10.1. The standard InChI is InChI=1S/C12H14F3O2/c1-2-16-9-3-4-10-5-7-11(8-6-10)17-12(13,14)15/h5-8H,1-4,9H2. The van der Waals surface area contributed by atoms with Gasteiger partial charge in [-0.1, -0.05) is 12.1 Å². The summed E-state index contributed by atoms with van der Waals surface area (Å²) in [6, 6.07) is 5.85. The number of hydrogen-bond acceptors (Lipinski definition) is 2. The molecule has 0 spiro atoms. The Morgan fingerprint density at radius 1 is 1.12 bits per heavy atom. The average molecular weight is 247 g/mol. The second kappa shape index (κ2) is 6.49. The van der Waals surface area contributed by atoms with Crippen LogP contribution in [0.2, 0.25) is 0 Å². The number of hydrogen-bond donors (Lipinski definition) is 0. The summed E-state index contributed by atoms with van der Waals surface area (Å²) in [6.07, 6.45) is -3.06. The molecular formula is C12H14F3O2. The number of halogens is 3. The van der Waals surface area contributed by atoms with Crippen LogP contribution in [0.4, 0.5) is 13.2 Å². The van der Waals surface area contributed by atoms with E-state index in [1.807, 2.05) is 0 Å². The van der Waals surface area contributed by atoms with Gasteiger partial charge >= 0.3 is 6.36 Å². The quantitative estimate of drug-likeness (QED) is 0.717. The topological polar surface area (TPSA) is 18.5 Å². The van der Waals surface area contributed by atoms with Gasteiger partial charge in [0.2, 0.25) is 0 Å². The van der Waals surface area contributed by atoms with E-state index in [-0.39, 0.29) is 5.75 Å². The van der Waals surface area contributed by atoms with Crippen LogP contribution in [-0.4, -0.2) is 19.6 Å². The second-order valence-corrected chi connectivity index (χ2v) is 3.41. The molecule has 0 saturated heterocycles. The van der Waals surface area contributed by atoms with Crippen molar-refractivity contribution in [1.29, 1.82) is 0 Å². The Morgan fingerprint density at radius 2 is 1.76 bits per heavy atom. The van der Waals surface area contributed by atoms with Gasteiger partial charge in [-0.3, -0.25) is 0 Å². The molecule has 1 aromatic rings. The van der Waals surface area contributed by atoms with E-state index in [2.05, 4.69) is 11.7 Å². The maximum Gasteiger partial charge on any atom is 0.573 e. The summed E-state index contributed by atoms with van der Waals surface area (Å²) in [7, 11) is 0. The Kier molecular flexibility index (Phi) is 5.28. The largest absolute Gasteiger partial charge is 0.573 e. The van der Waals surface area contributed by atoms with Crippen LogP contribution in [0.1, 0.15) is 12.0 Å². The van der Waals surface area contributed by atoms with E-state index in [0.29, 0.717) is 13.2 Å². The molecule has 0 N–H and O–H groups in total. The lowest BCUT2D eigenvalue weighted by Gasteiger charge is -2.09. The maximum absolute atomic E-state index is 11.9. The summed E-state index contributed by atoms with van der Waals surface area (Å²) < 4.78 is 44.5. The molecule has 0 heterocycles. The molecule has 95 valence electrons. The Hall–Kier alpha value is -1.23. The van der Waals surface area contributed by atoms with Crippen LogP contribution in [0.3, 0.4) is 0 Å². The summed E-state index contributed by atoms with van der Waals surface area (Å²) in [6.45, 7) is 4.56. The van der Waals surface area contributed by atoms with Gasteiger partial charge in [-0.15, -0.1) is 13.2 Å². The second-order valence-electron chi connectivity index (χ2n) is 3.41. The first-order chi connectivity index (χ1) is 8.01. The monoisotopic (exact) mass is 247 g/mol. The van der Waals surface area contributed by atoms with Gasteiger partial charge in [-0.25, -0.2) is 0 Å². The third-order valence-corrected chi connectivity index (χ3v) is 2.06. The van der Waals surface area contributed by atoms with Gasteiger partial charge in [0.15, 0.2) is 0 Å². The van der Waals surface area contributed by atoms with Crippen molar-refractivity contribution in [2.45, 2.75) is 19.2 Å². The molecule has 17 heavy (non-hydrogen) atoms. The van der Waals surface area contributed by atoms with Crippen molar-refractivity contribution in [2.24, 2.45) is 0 Å². The summed E-state index contributed by atoms with van der Waals surface area (Å²) in [4.78, 5) is 0. The minimum absolute atomic E-state index is 0.199. The molecule has 0 aliphatic carbocycles. The molecule has 0 aliphatic heterocycles. The molecule has 5 heteroatoms. The van der Waals surface area contributed by atoms with Crippen molar-refractivity contribution in [1.82, 2.24) is 0 Å². The van der Waals surface area contributed by atoms with Gasteiger partial charge in [-0.2, -0.15) is 0 Å². The molecule has 0 fully saturated rings. The van der Waals surface area contributed by atoms with E-state index in [1.54, 1.807) is 12.1 Å². The van der Waals surface area contributed by atoms with Crippen molar-refractivity contribution in [3.8, 4) is 5.75 Å². The first-order valence-electron chi connectivity index (χ1n) is 5.23. The highest BCUT2D eigenvalue weighted by Gasteiger charge is 2.30. The Morgan fingerprint density at radius 3 is 2.29 bits per heavy atom. The van der Waals surface area contributed by atoms with E-state index >= 15 is 0 Å². The minimum Gasteiger partial charge on any atom is -0.406 e. The maximum atomic E-state index is 11.9. The fourth-order valence-corrected chi connectivity index (χ4v) is 1.34. The average Bonchev–Trinajstić information content (AvgIpc) is 2.25. The lowest BCUT2D eigenvalue weighted by molar-refractivity contribution is -0.274. The molecular weight excluding hydrogens is 233 g/mol. The molecule has 0 bridgehead atoms. The van der Waals surface area contributed by atoms with E-state index in [9.17, 15) is 13.2 Å². The highest BCUT2D eigenvalue weighted by atomic mass is 19.4. The van der Waals surface area contributed by atoms with Gasteiger partial charge in [-0.05, 0) is 37.5 Å². The predicted octanol–water partition coefficient (Wildman–Crippen LogP) is 3.37. The van der Waals surface area contributed by atoms with Gasteiger partial charge in [0, 0.05) is 13.2 Å². The first-order valence-corrected chi connectivity index (χ1v) is 5.23. The van der Waals surface area contributed by atoms with Gasteiger partial charge < -0.3 is 9.47 Å². The summed E-state index contributed by atoms with van der Waals surface area (Å²) in [5.74, 6) is -0.199. The number of benzene rings is 1. The first kappa shape index (κ1) is 13.8. The van der Waals surface area contributed by atoms with Crippen LogP contribution in [0, 0.1) is 6.92 Å². The highest BCUT2D eigenvalue weighted by Crippen LogP contribution is 2.22. The molecule has 1 aromatic carbocycles. The smallest absolute Gasteiger partial charge is 0.406 e. The van der Waals surface area contributed by atoms with Crippen molar-refractivity contribution in [3.05, 3.63) is 36.8 Å². The SMILES string of the molecule is [CH2]COCCCc1ccc(OC(F)(F)F)cc1. The number of alkyl halides is 3. The molecule has 0 unspecified atom stereocenters. The normalized spacial score (nSPS) is 11.5. The predicted molar refractivity (Wildman–Crippen MR) is 57.6 cm³/mol. The van der Waals surface area contributed by atoms with Crippen molar-refractivity contribution < 1.29 is 22.6 Å². The summed E-state index contributed by atoms with van der Waals surface area (Å²) in [5.41, 5.74) is 0.951. The van der Waals surface area contributed by atoms with E-state index in [1.165, 1.54) is 12.1 Å². The summed E-state index contributed by atoms with van der Waals surface area (Å²) >= 11 is 0. The summed E-state index contributed by atoms with van der Waals surface area (Å²) in [5, 5.41) is 0. The van der Waals surface area contributed by atoms with Gasteiger partial charge in [0.1, 0.15) is 5.75 Å². The third-order valence-electron chi connectivity index (χ3n) is 2.06. The lowest BCUT2D eigenvalue weighted by Crippen LogP contribution is -2.17. The zero-order valence-corrected chi connectivity index (χ0v) is 9.30. The fourth-order valence-electron chi connectivity index (χ4n) is 1.34. The molecule has 1 rings (SSSR count). The molecule has 0 atom stereocenters. The minimum atomic E-state index is -4.64.